The van der Waals surface area contributed by atoms with Gasteiger partial charge < -0.3 is 0 Å². The molecule has 2 aromatic carbocycles. The molecular formula is C44H36N2Se. The molecule has 47 heavy (non-hydrogen) atoms. The zero-order valence-corrected chi connectivity index (χ0v) is 29.4. The van der Waals surface area contributed by atoms with Gasteiger partial charge in [-0.1, -0.05) is 0 Å². The molecule has 5 aliphatic rings. The van der Waals surface area contributed by atoms with Crippen LogP contribution in [-0.2, 0) is 0 Å². The van der Waals surface area contributed by atoms with Gasteiger partial charge in [0.15, 0.2) is 0 Å². The topological polar surface area (TPSA) is 24.7 Å². The Labute approximate surface area is 283 Å². The number of nitrogens with zero attached hydrogens (tertiary/aromatic N) is 2. The van der Waals surface area contributed by atoms with Gasteiger partial charge in [-0.3, -0.25) is 0 Å². The second kappa shape index (κ2) is 11.5. The minimum atomic E-state index is 0.0439. The van der Waals surface area contributed by atoms with E-state index in [0.29, 0.717) is 0 Å². The predicted octanol–water partition coefficient (Wildman–Crippen LogP) is 8.51. The normalized spacial score (nSPS) is 15.3. The van der Waals surface area contributed by atoms with Gasteiger partial charge in [-0.05, 0) is 0 Å². The molecule has 228 valence electrons. The molecule has 8 bridgehead atoms. The first-order valence-corrected chi connectivity index (χ1v) is 17.9. The minimum absolute atomic E-state index is 0.0439. The number of hydrogen-bond acceptors (Lipinski definition) is 2. The zero-order chi connectivity index (χ0) is 32.4. The quantitative estimate of drug-likeness (QED) is 0.168. The maximum absolute atomic E-state index is 5.33. The van der Waals surface area contributed by atoms with Crippen LogP contribution in [0.15, 0.2) is 118 Å². The first-order valence-electron chi connectivity index (χ1n) is 16.2. The second-order valence-corrected chi connectivity index (χ2v) is 15.3. The number of fused-ring (bicyclic) bond motifs is 9. The van der Waals surface area contributed by atoms with Crippen molar-refractivity contribution in [3.05, 3.63) is 172 Å². The van der Waals surface area contributed by atoms with Gasteiger partial charge in [0.2, 0.25) is 0 Å². The van der Waals surface area contributed by atoms with E-state index in [-0.39, 0.29) is 14.5 Å². The molecule has 0 saturated heterocycles. The number of aliphatic imine (C=N–C) groups is 2. The summed E-state index contributed by atoms with van der Waals surface area (Å²) in [5.41, 5.74) is 21.6. The zero-order valence-electron chi connectivity index (χ0n) is 27.7. The van der Waals surface area contributed by atoms with Crippen LogP contribution >= 0.6 is 0 Å². The van der Waals surface area contributed by atoms with E-state index >= 15 is 0 Å². The monoisotopic (exact) mass is 672 g/mol. The van der Waals surface area contributed by atoms with E-state index in [1.54, 1.807) is 0 Å². The Kier molecular flexibility index (Phi) is 7.21. The first kappa shape index (κ1) is 29.6. The van der Waals surface area contributed by atoms with Gasteiger partial charge in [-0.25, -0.2) is 0 Å². The molecule has 2 nitrogen and oxygen atoms in total. The molecular weight excluding hydrogens is 635 g/mol. The molecule has 0 N–H and O–H groups in total. The molecule has 2 aliphatic carbocycles. The average molecular weight is 672 g/mol. The molecule has 1 aromatic heterocycles. The summed E-state index contributed by atoms with van der Waals surface area (Å²) in [5.74, 6) is 0. The summed E-state index contributed by atoms with van der Waals surface area (Å²) in [6.45, 7) is 13.3. The molecule has 0 radical (unpaired) electrons. The van der Waals surface area contributed by atoms with Crippen LogP contribution in [0.4, 0.5) is 0 Å². The van der Waals surface area contributed by atoms with Crippen molar-refractivity contribution in [3.63, 3.8) is 0 Å². The third-order valence-electron chi connectivity index (χ3n) is 9.37. The SMILES string of the molecule is Cc1cc(C)c(C2=c3ccc([se]3)=C(c3c(C)cc(C)cc3C)C3=NC(=Cc4cc(c5cccccc4-5)C=C4C=CC2=N4)C=C3)c(C)c1. The van der Waals surface area contributed by atoms with Crippen molar-refractivity contribution >= 4 is 49.2 Å². The van der Waals surface area contributed by atoms with Gasteiger partial charge >= 0.3 is 284 Å². The molecule has 0 unspecified atom stereocenters. The molecule has 3 aliphatic heterocycles. The van der Waals surface area contributed by atoms with Crippen LogP contribution in [0.3, 0.4) is 0 Å². The molecule has 4 heterocycles. The Morgan fingerprint density at radius 2 is 0.894 bits per heavy atom. The van der Waals surface area contributed by atoms with Crippen molar-refractivity contribution in [1.29, 1.82) is 0 Å². The summed E-state index contributed by atoms with van der Waals surface area (Å²) in [6.07, 6.45) is 13.3. The fraction of sp³-hybridized carbons (Fsp3) is 0.136. The third-order valence-corrected chi connectivity index (χ3v) is 11.7. The molecule has 3 heteroatoms. The Balaban J connectivity index is 1.52. The van der Waals surface area contributed by atoms with Gasteiger partial charge in [0.25, 0.3) is 0 Å². The van der Waals surface area contributed by atoms with Crippen molar-refractivity contribution in [1.82, 2.24) is 0 Å². The number of benzene rings is 2. The van der Waals surface area contributed by atoms with Crippen molar-refractivity contribution in [2.45, 2.75) is 41.5 Å². The molecule has 0 atom stereocenters. The summed E-state index contributed by atoms with van der Waals surface area (Å²) < 4.78 is 2.70. The van der Waals surface area contributed by atoms with Crippen LogP contribution < -0.4 is 8.19 Å². The number of allylic oxidation sites excluding steroid dienone is 4. The summed E-state index contributed by atoms with van der Waals surface area (Å²) >= 11 is 0.0439. The second-order valence-electron chi connectivity index (χ2n) is 13.1. The fourth-order valence-corrected chi connectivity index (χ4v) is 10.0. The van der Waals surface area contributed by atoms with Crippen molar-refractivity contribution in [3.8, 4) is 11.1 Å². The predicted molar refractivity (Wildman–Crippen MR) is 201 cm³/mol. The van der Waals surface area contributed by atoms with Gasteiger partial charge in [0.1, 0.15) is 0 Å². The Morgan fingerprint density at radius 1 is 0.468 bits per heavy atom. The third kappa shape index (κ3) is 5.21. The summed E-state index contributed by atoms with van der Waals surface area (Å²) in [7, 11) is 0. The van der Waals surface area contributed by atoms with Crippen LogP contribution in [0.2, 0.25) is 0 Å². The summed E-state index contributed by atoms with van der Waals surface area (Å²) in [4.78, 5) is 10.7. The van der Waals surface area contributed by atoms with Gasteiger partial charge in [-0.15, -0.1) is 0 Å². The molecule has 8 rings (SSSR count). The van der Waals surface area contributed by atoms with E-state index in [1.807, 2.05) is 0 Å². The molecule has 0 fully saturated rings. The molecule has 3 aromatic rings. The van der Waals surface area contributed by atoms with Gasteiger partial charge in [0.05, 0.1) is 0 Å². The molecule has 0 amide bonds. The van der Waals surface area contributed by atoms with E-state index in [1.165, 1.54) is 86.1 Å². The Hall–Kier alpha value is -4.82. The van der Waals surface area contributed by atoms with Crippen LogP contribution in [-0.4, -0.2) is 25.9 Å². The van der Waals surface area contributed by atoms with E-state index in [0.717, 1.165) is 22.8 Å². The molecule has 0 saturated carbocycles. The fourth-order valence-electron chi connectivity index (χ4n) is 7.64. The van der Waals surface area contributed by atoms with Crippen molar-refractivity contribution in [2.75, 3.05) is 0 Å². The van der Waals surface area contributed by atoms with E-state index in [2.05, 4.69) is 151 Å². The standard InChI is InChI=1S/C44H36N2Se/c1-25-18-27(3)41(28(4)19-25)43-37-14-12-33(45-37)23-31-22-32(36-11-9-7-8-10-35(31)36)24-34-13-15-38(46-34)44(40-17-16-39(43)47-40)42-29(5)20-26(2)21-30(42)6/h7-24H,1-6H3. The Bertz CT molecular complexity index is 2240. The van der Waals surface area contributed by atoms with Crippen LogP contribution in [0, 0.1) is 41.5 Å². The maximum atomic E-state index is 5.33. The van der Waals surface area contributed by atoms with Crippen LogP contribution in [0.25, 0.3) is 34.4 Å². The summed E-state index contributed by atoms with van der Waals surface area (Å²) in [5, 5.41) is 0. The van der Waals surface area contributed by atoms with E-state index < -0.39 is 0 Å². The average Bonchev–Trinajstić information content (AvgIpc) is 3.80. The van der Waals surface area contributed by atoms with Gasteiger partial charge in [-0.2, -0.15) is 0 Å². The van der Waals surface area contributed by atoms with Crippen molar-refractivity contribution < 1.29 is 0 Å². The number of aryl methyl sites for hydroxylation is 6. The van der Waals surface area contributed by atoms with Crippen LogP contribution in [0.1, 0.15) is 55.6 Å². The first-order chi connectivity index (χ1) is 22.7. The Morgan fingerprint density at radius 3 is 1.32 bits per heavy atom. The number of rotatable bonds is 2. The summed E-state index contributed by atoms with van der Waals surface area (Å²) in [6, 6.07) is 27.0. The van der Waals surface area contributed by atoms with Gasteiger partial charge in [0, 0.05) is 0 Å². The van der Waals surface area contributed by atoms with Crippen molar-refractivity contribution in [2.24, 2.45) is 9.98 Å². The number of hydrogen-bond donors (Lipinski definition) is 0. The van der Waals surface area contributed by atoms with Crippen LogP contribution in [0.5, 0.6) is 0 Å². The van der Waals surface area contributed by atoms with E-state index in [9.17, 15) is 0 Å². The molecule has 0 spiro atoms. The van der Waals surface area contributed by atoms with E-state index in [4.69, 9.17) is 9.98 Å².